The Bertz CT molecular complexity index is 1000. The minimum absolute atomic E-state index is 0.0522. The molecule has 0 atom stereocenters. The second-order valence-electron chi connectivity index (χ2n) is 5.41. The van der Waals surface area contributed by atoms with Crippen LogP contribution in [-0.4, -0.2) is 20.4 Å². The molecule has 4 rings (SSSR count). The first-order valence-corrected chi connectivity index (χ1v) is 7.01. The van der Waals surface area contributed by atoms with Gasteiger partial charge in [0.15, 0.2) is 5.76 Å². The van der Waals surface area contributed by atoms with Gasteiger partial charge in [-0.15, -0.1) is 0 Å². The van der Waals surface area contributed by atoms with Gasteiger partial charge in [0.25, 0.3) is 0 Å². The van der Waals surface area contributed by atoms with Gasteiger partial charge in [0, 0.05) is 42.1 Å². The Morgan fingerprint density at radius 3 is 3.00 bits per heavy atom. The van der Waals surface area contributed by atoms with Crippen molar-refractivity contribution in [2.75, 3.05) is 5.73 Å². The number of nitrogen functional groups attached to an aromatic ring is 1. The molecular weight excluding hydrogens is 294 g/mol. The summed E-state index contributed by atoms with van der Waals surface area (Å²) >= 11 is 0. The van der Waals surface area contributed by atoms with Gasteiger partial charge >= 0.3 is 0 Å². The van der Waals surface area contributed by atoms with Crippen molar-refractivity contribution in [2.45, 2.75) is 0 Å². The van der Waals surface area contributed by atoms with Gasteiger partial charge in [0.1, 0.15) is 17.1 Å². The van der Waals surface area contributed by atoms with Crippen molar-refractivity contribution in [1.29, 1.82) is 0 Å². The van der Waals surface area contributed by atoms with Gasteiger partial charge in [-0.1, -0.05) is 0 Å². The number of ether oxygens (including phenoxy) is 1. The predicted molar refractivity (Wildman–Crippen MR) is 86.2 cm³/mol. The smallest absolute Gasteiger partial charge is 0.231 e. The van der Waals surface area contributed by atoms with E-state index >= 15 is 0 Å². The zero-order valence-electron chi connectivity index (χ0n) is 12.3. The molecule has 1 aliphatic heterocycles. The molecule has 0 amide bonds. The number of aromatic nitrogens is 2. The molecule has 0 spiro atoms. The van der Waals surface area contributed by atoms with E-state index in [1.165, 1.54) is 12.1 Å². The average Bonchev–Trinajstić information content (AvgIpc) is 2.99. The van der Waals surface area contributed by atoms with Crippen molar-refractivity contribution in [2.24, 2.45) is 7.05 Å². The summed E-state index contributed by atoms with van der Waals surface area (Å²) in [5.74, 6) is 0.379. The molecule has 0 unspecified atom stereocenters. The molecule has 0 saturated carbocycles. The average molecular weight is 307 g/mol. The van der Waals surface area contributed by atoms with Gasteiger partial charge in [-0.25, -0.2) is 4.98 Å². The number of Topliss-reactive ketones (excluding diaryl/α,β-unsaturated/α-hetero) is 1. The maximum absolute atomic E-state index is 12.4. The molecule has 23 heavy (non-hydrogen) atoms. The van der Waals surface area contributed by atoms with Gasteiger partial charge in [-0.3, -0.25) is 4.79 Å². The van der Waals surface area contributed by atoms with E-state index in [1.807, 2.05) is 17.8 Å². The molecule has 0 aliphatic carbocycles. The fraction of sp³-hybridized carbons (Fsp3) is 0.0588. The first-order valence-electron chi connectivity index (χ1n) is 7.01. The lowest BCUT2D eigenvalue weighted by molar-refractivity contribution is 0.101. The van der Waals surface area contributed by atoms with E-state index < -0.39 is 0 Å². The quantitative estimate of drug-likeness (QED) is 0.674. The fourth-order valence-electron chi connectivity index (χ4n) is 2.79. The summed E-state index contributed by atoms with van der Waals surface area (Å²) in [6, 6.07) is 6.15. The molecule has 6 nitrogen and oxygen atoms in total. The van der Waals surface area contributed by atoms with Crippen molar-refractivity contribution in [3.63, 3.8) is 0 Å². The molecule has 3 aromatic rings. The molecule has 1 aliphatic rings. The number of nitrogens with zero attached hydrogens (tertiary/aromatic N) is 2. The van der Waals surface area contributed by atoms with E-state index in [0.717, 1.165) is 16.6 Å². The number of fused-ring (bicyclic) bond motifs is 2. The van der Waals surface area contributed by atoms with Crippen molar-refractivity contribution in [3.8, 4) is 11.5 Å². The van der Waals surface area contributed by atoms with Crippen LogP contribution in [0, 0.1) is 0 Å². The summed E-state index contributed by atoms with van der Waals surface area (Å²) < 4.78 is 7.43. The number of benzene rings is 1. The zero-order valence-corrected chi connectivity index (χ0v) is 12.3. The summed E-state index contributed by atoms with van der Waals surface area (Å²) in [4.78, 5) is 16.7. The van der Waals surface area contributed by atoms with Crippen LogP contribution in [-0.2, 0) is 7.05 Å². The monoisotopic (exact) mass is 307 g/mol. The lowest BCUT2D eigenvalue weighted by Crippen LogP contribution is -1.98. The molecule has 2 aromatic heterocycles. The molecular formula is C17H13N3O3. The van der Waals surface area contributed by atoms with E-state index in [2.05, 4.69) is 4.98 Å². The molecule has 0 radical (unpaired) electrons. The Morgan fingerprint density at radius 1 is 1.35 bits per heavy atom. The molecule has 0 bridgehead atoms. The molecule has 3 heterocycles. The number of pyridine rings is 1. The number of aromatic hydroxyl groups is 1. The number of phenolic OH excluding ortho intramolecular Hbond substituents is 1. The molecule has 114 valence electrons. The topological polar surface area (TPSA) is 90.4 Å². The molecule has 0 saturated heterocycles. The maximum atomic E-state index is 12.4. The van der Waals surface area contributed by atoms with E-state index in [0.29, 0.717) is 17.0 Å². The second-order valence-corrected chi connectivity index (χ2v) is 5.41. The minimum Gasteiger partial charge on any atom is -0.508 e. The maximum Gasteiger partial charge on any atom is 0.231 e. The van der Waals surface area contributed by atoms with Crippen LogP contribution in [0.2, 0.25) is 0 Å². The van der Waals surface area contributed by atoms with Crippen LogP contribution >= 0.6 is 0 Å². The zero-order chi connectivity index (χ0) is 16.1. The highest BCUT2D eigenvalue weighted by Gasteiger charge is 2.28. The lowest BCUT2D eigenvalue weighted by atomic mass is 10.1. The Hall–Kier alpha value is -3.28. The summed E-state index contributed by atoms with van der Waals surface area (Å²) in [6.45, 7) is 0. The van der Waals surface area contributed by atoms with Crippen LogP contribution in [0.25, 0.3) is 17.1 Å². The lowest BCUT2D eigenvalue weighted by Gasteiger charge is -2.00. The van der Waals surface area contributed by atoms with Gasteiger partial charge in [-0.05, 0) is 24.3 Å². The van der Waals surface area contributed by atoms with Gasteiger partial charge < -0.3 is 20.1 Å². The van der Waals surface area contributed by atoms with Gasteiger partial charge in [0.2, 0.25) is 5.78 Å². The number of anilines is 1. The number of allylic oxidation sites excluding steroid dienone is 1. The van der Waals surface area contributed by atoms with Crippen molar-refractivity contribution in [3.05, 3.63) is 53.5 Å². The number of aryl methyl sites for hydroxylation is 1. The van der Waals surface area contributed by atoms with Crippen molar-refractivity contribution >= 4 is 28.6 Å². The Morgan fingerprint density at radius 2 is 2.17 bits per heavy atom. The van der Waals surface area contributed by atoms with Crippen LogP contribution in [0.4, 0.5) is 5.69 Å². The SMILES string of the molecule is Cn1cc(/C=C2\Oc3cc(O)ccc3C2=O)c2c(N)ccnc21. The highest BCUT2D eigenvalue weighted by atomic mass is 16.5. The van der Waals surface area contributed by atoms with Crippen LogP contribution in [0.3, 0.4) is 0 Å². The second kappa shape index (κ2) is 4.61. The Labute approximate surface area is 131 Å². The predicted octanol–water partition coefficient (Wildman–Crippen LogP) is 2.48. The first kappa shape index (κ1) is 13.4. The minimum atomic E-state index is -0.223. The van der Waals surface area contributed by atoms with Gasteiger partial charge in [0.05, 0.1) is 5.56 Å². The molecule has 6 heteroatoms. The van der Waals surface area contributed by atoms with Crippen molar-refractivity contribution in [1.82, 2.24) is 9.55 Å². The van der Waals surface area contributed by atoms with Crippen molar-refractivity contribution < 1.29 is 14.6 Å². The number of hydrogen-bond acceptors (Lipinski definition) is 5. The highest BCUT2D eigenvalue weighted by Crippen LogP contribution is 2.35. The number of ketones is 1. The summed E-state index contributed by atoms with van der Waals surface area (Å²) in [5, 5.41) is 10.3. The number of carbonyl (C=O) groups is 1. The molecule has 3 N–H and O–H groups in total. The standard InChI is InChI=1S/C17H13N3O3/c1-20-8-9(15-12(18)4-5-19-17(15)20)6-14-16(22)11-3-2-10(21)7-13(11)23-14/h2-8,21H,1H3,(H2,18,19)/b14-6-. The normalized spacial score (nSPS) is 15.2. The molecule has 1 aromatic carbocycles. The van der Waals surface area contributed by atoms with Crippen LogP contribution < -0.4 is 10.5 Å². The summed E-state index contributed by atoms with van der Waals surface area (Å²) in [7, 11) is 1.86. The van der Waals surface area contributed by atoms with Crippen LogP contribution in [0.5, 0.6) is 11.5 Å². The third-order valence-corrected chi connectivity index (χ3v) is 3.86. The number of rotatable bonds is 1. The van der Waals surface area contributed by atoms with E-state index in [1.54, 1.807) is 24.4 Å². The number of phenols is 1. The Balaban J connectivity index is 1.86. The highest BCUT2D eigenvalue weighted by molar-refractivity contribution is 6.15. The number of carbonyl (C=O) groups excluding carboxylic acids is 1. The van der Waals surface area contributed by atoms with Crippen LogP contribution in [0.15, 0.2) is 42.4 Å². The third-order valence-electron chi connectivity index (χ3n) is 3.86. The number of nitrogens with two attached hydrogens (primary N) is 1. The van der Waals surface area contributed by atoms with E-state index in [-0.39, 0.29) is 17.3 Å². The van der Waals surface area contributed by atoms with E-state index in [9.17, 15) is 9.90 Å². The fourth-order valence-corrected chi connectivity index (χ4v) is 2.79. The van der Waals surface area contributed by atoms with E-state index in [4.69, 9.17) is 10.5 Å². The molecule has 0 fully saturated rings. The Kier molecular flexibility index (Phi) is 2.68. The van der Waals surface area contributed by atoms with Crippen LogP contribution in [0.1, 0.15) is 15.9 Å². The summed E-state index contributed by atoms with van der Waals surface area (Å²) in [5.41, 5.74) is 8.55. The summed E-state index contributed by atoms with van der Waals surface area (Å²) in [6.07, 6.45) is 5.14. The number of hydrogen-bond donors (Lipinski definition) is 2. The first-order chi connectivity index (χ1) is 11.0. The largest absolute Gasteiger partial charge is 0.508 e. The van der Waals surface area contributed by atoms with Gasteiger partial charge in [-0.2, -0.15) is 0 Å². The third kappa shape index (κ3) is 1.96.